The minimum Gasteiger partial charge on any atom is -0.368 e. The van der Waals surface area contributed by atoms with Crippen LogP contribution in [0, 0.1) is 15.9 Å². The van der Waals surface area contributed by atoms with Gasteiger partial charge in [-0.25, -0.2) is 4.39 Å². The molecule has 0 radical (unpaired) electrons. The summed E-state index contributed by atoms with van der Waals surface area (Å²) >= 11 is 0. The van der Waals surface area contributed by atoms with Crippen LogP contribution in [0.1, 0.15) is 5.56 Å². The summed E-state index contributed by atoms with van der Waals surface area (Å²) in [5.74, 6) is -0.395. The molecule has 0 aromatic heterocycles. The fourth-order valence-corrected chi connectivity index (χ4v) is 2.82. The lowest BCUT2D eigenvalue weighted by molar-refractivity contribution is -0.384. The van der Waals surface area contributed by atoms with Crippen molar-refractivity contribution in [3.8, 4) is 0 Å². The third kappa shape index (κ3) is 4.24. The Balaban J connectivity index is 1.55. The highest BCUT2D eigenvalue weighted by Gasteiger charge is 2.20. The van der Waals surface area contributed by atoms with E-state index in [-0.39, 0.29) is 17.4 Å². The summed E-state index contributed by atoms with van der Waals surface area (Å²) in [6, 6.07) is 12.4. The number of anilines is 1. The molecule has 134 valence electrons. The number of carbonyl (C=O) groups is 1. The van der Waals surface area contributed by atoms with Crippen LogP contribution in [0.15, 0.2) is 54.6 Å². The van der Waals surface area contributed by atoms with Gasteiger partial charge in [-0.1, -0.05) is 12.1 Å². The van der Waals surface area contributed by atoms with Crippen molar-refractivity contribution in [2.75, 3.05) is 31.1 Å². The van der Waals surface area contributed by atoms with Crippen molar-refractivity contribution in [2.45, 2.75) is 0 Å². The van der Waals surface area contributed by atoms with Crippen LogP contribution >= 0.6 is 0 Å². The maximum Gasteiger partial charge on any atom is 0.269 e. The zero-order chi connectivity index (χ0) is 18.5. The molecule has 7 heteroatoms. The third-order valence-electron chi connectivity index (χ3n) is 4.31. The number of halogens is 1. The molecule has 1 heterocycles. The van der Waals surface area contributed by atoms with Crippen LogP contribution in [0.5, 0.6) is 0 Å². The number of piperazine rings is 1. The number of hydrogen-bond acceptors (Lipinski definition) is 4. The van der Waals surface area contributed by atoms with Gasteiger partial charge in [0.05, 0.1) is 4.92 Å². The number of amides is 1. The number of carbonyl (C=O) groups excluding carboxylic acids is 1. The van der Waals surface area contributed by atoms with E-state index < -0.39 is 4.92 Å². The fraction of sp³-hybridized carbons (Fsp3) is 0.211. The Morgan fingerprint density at radius 3 is 2.19 bits per heavy atom. The second kappa shape index (κ2) is 7.77. The summed E-state index contributed by atoms with van der Waals surface area (Å²) < 4.78 is 12.9. The van der Waals surface area contributed by atoms with Gasteiger partial charge in [0.2, 0.25) is 5.91 Å². The first-order chi connectivity index (χ1) is 12.5. The monoisotopic (exact) mass is 355 g/mol. The average Bonchev–Trinajstić information content (AvgIpc) is 2.67. The van der Waals surface area contributed by atoms with Gasteiger partial charge in [0.15, 0.2) is 0 Å². The maximum atomic E-state index is 12.9. The third-order valence-corrected chi connectivity index (χ3v) is 4.31. The molecule has 1 fully saturated rings. The molecule has 2 aromatic carbocycles. The molecule has 2 aromatic rings. The fourth-order valence-electron chi connectivity index (χ4n) is 2.82. The lowest BCUT2D eigenvalue weighted by Crippen LogP contribution is -2.48. The van der Waals surface area contributed by atoms with E-state index in [2.05, 4.69) is 4.90 Å². The van der Waals surface area contributed by atoms with E-state index in [1.807, 2.05) is 0 Å². The maximum absolute atomic E-state index is 12.9. The molecule has 0 saturated carbocycles. The molecule has 26 heavy (non-hydrogen) atoms. The Labute approximate surface area is 150 Å². The molecule has 0 bridgehead atoms. The number of rotatable bonds is 4. The molecular formula is C19H18FN3O3. The SMILES string of the molecule is O=C(/C=C/c1ccc(F)cc1)N1CCN(c2ccc([N+](=O)[O-])cc2)CC1. The molecule has 1 aliphatic heterocycles. The highest BCUT2D eigenvalue weighted by atomic mass is 19.1. The number of nitro groups is 1. The van der Waals surface area contributed by atoms with E-state index in [0.29, 0.717) is 26.2 Å². The van der Waals surface area contributed by atoms with Crippen molar-refractivity contribution >= 4 is 23.4 Å². The zero-order valence-electron chi connectivity index (χ0n) is 14.0. The molecule has 0 spiro atoms. The summed E-state index contributed by atoms with van der Waals surface area (Å²) in [7, 11) is 0. The number of benzene rings is 2. The van der Waals surface area contributed by atoms with Crippen molar-refractivity contribution < 1.29 is 14.1 Å². The van der Waals surface area contributed by atoms with Gasteiger partial charge in [-0.2, -0.15) is 0 Å². The normalized spacial score (nSPS) is 14.7. The van der Waals surface area contributed by atoms with Crippen molar-refractivity contribution in [1.82, 2.24) is 4.90 Å². The van der Waals surface area contributed by atoms with Gasteiger partial charge in [0, 0.05) is 50.1 Å². The highest BCUT2D eigenvalue weighted by molar-refractivity contribution is 5.92. The summed E-state index contributed by atoms with van der Waals surface area (Å²) in [5, 5.41) is 10.7. The minimum atomic E-state index is -0.423. The molecule has 3 rings (SSSR count). The van der Waals surface area contributed by atoms with Crippen molar-refractivity contribution in [2.24, 2.45) is 0 Å². The predicted molar refractivity (Wildman–Crippen MR) is 97.3 cm³/mol. The molecular weight excluding hydrogens is 337 g/mol. The van der Waals surface area contributed by atoms with Crippen LogP contribution in [0.4, 0.5) is 15.8 Å². The standard InChI is InChI=1S/C19H18FN3O3/c20-16-4-1-15(2-5-16)3-10-19(24)22-13-11-21(12-14-22)17-6-8-18(9-7-17)23(25)26/h1-10H,11-14H2/b10-3+. The van der Waals surface area contributed by atoms with E-state index >= 15 is 0 Å². The minimum absolute atomic E-state index is 0.0634. The molecule has 0 aliphatic carbocycles. The van der Waals surface area contributed by atoms with E-state index in [9.17, 15) is 19.3 Å². The van der Waals surface area contributed by atoms with Gasteiger partial charge in [-0.15, -0.1) is 0 Å². The van der Waals surface area contributed by atoms with E-state index in [0.717, 1.165) is 11.3 Å². The topological polar surface area (TPSA) is 66.7 Å². The Hall–Kier alpha value is -3.22. The molecule has 0 unspecified atom stereocenters. The van der Waals surface area contributed by atoms with E-state index in [4.69, 9.17) is 0 Å². The lowest BCUT2D eigenvalue weighted by atomic mass is 10.2. The number of non-ortho nitro benzene ring substituents is 1. The van der Waals surface area contributed by atoms with E-state index in [1.165, 1.54) is 30.3 Å². The molecule has 0 atom stereocenters. The predicted octanol–water partition coefficient (Wildman–Crippen LogP) is 3.10. The quantitative estimate of drug-likeness (QED) is 0.480. The van der Waals surface area contributed by atoms with Crippen molar-refractivity contribution in [3.05, 3.63) is 76.1 Å². The Kier molecular flexibility index (Phi) is 5.26. The van der Waals surface area contributed by atoms with Crippen LogP contribution < -0.4 is 4.90 Å². The van der Waals surface area contributed by atoms with Gasteiger partial charge in [0.25, 0.3) is 5.69 Å². The van der Waals surface area contributed by atoms with Crippen LogP contribution in [0.25, 0.3) is 6.08 Å². The average molecular weight is 355 g/mol. The van der Waals surface area contributed by atoms with Crippen molar-refractivity contribution in [1.29, 1.82) is 0 Å². The number of hydrogen-bond donors (Lipinski definition) is 0. The van der Waals surface area contributed by atoms with Crippen LogP contribution in [-0.2, 0) is 4.79 Å². The Morgan fingerprint density at radius 1 is 1.00 bits per heavy atom. The van der Waals surface area contributed by atoms with Gasteiger partial charge < -0.3 is 9.80 Å². The first-order valence-electron chi connectivity index (χ1n) is 8.25. The van der Waals surface area contributed by atoms with Crippen molar-refractivity contribution in [3.63, 3.8) is 0 Å². The number of nitrogens with zero attached hydrogens (tertiary/aromatic N) is 3. The molecule has 6 nitrogen and oxygen atoms in total. The highest BCUT2D eigenvalue weighted by Crippen LogP contribution is 2.20. The summed E-state index contributed by atoms with van der Waals surface area (Å²) in [6.07, 6.45) is 3.17. The van der Waals surface area contributed by atoms with E-state index in [1.54, 1.807) is 35.2 Å². The largest absolute Gasteiger partial charge is 0.368 e. The Morgan fingerprint density at radius 2 is 1.62 bits per heavy atom. The second-order valence-electron chi connectivity index (χ2n) is 5.97. The lowest BCUT2D eigenvalue weighted by Gasteiger charge is -2.35. The van der Waals surface area contributed by atoms with Gasteiger partial charge >= 0.3 is 0 Å². The summed E-state index contributed by atoms with van der Waals surface area (Å²) in [4.78, 5) is 26.4. The van der Waals surface area contributed by atoms with Gasteiger partial charge in [0.1, 0.15) is 5.82 Å². The summed E-state index contributed by atoms with van der Waals surface area (Å²) in [6.45, 7) is 2.47. The van der Waals surface area contributed by atoms with Crippen LogP contribution in [0.3, 0.4) is 0 Å². The second-order valence-corrected chi connectivity index (χ2v) is 5.97. The summed E-state index contributed by atoms with van der Waals surface area (Å²) in [5.41, 5.74) is 1.74. The van der Waals surface area contributed by atoms with Crippen LogP contribution in [-0.4, -0.2) is 41.9 Å². The van der Waals surface area contributed by atoms with Gasteiger partial charge in [-0.3, -0.25) is 14.9 Å². The Bertz CT molecular complexity index is 811. The van der Waals surface area contributed by atoms with Gasteiger partial charge in [-0.05, 0) is 35.9 Å². The first-order valence-corrected chi connectivity index (χ1v) is 8.25. The molecule has 0 N–H and O–H groups in total. The zero-order valence-corrected chi connectivity index (χ0v) is 14.0. The smallest absolute Gasteiger partial charge is 0.269 e. The number of nitro benzene ring substituents is 1. The molecule has 1 aliphatic rings. The molecule has 1 amide bonds. The first kappa shape index (κ1) is 17.6. The molecule has 1 saturated heterocycles. The van der Waals surface area contributed by atoms with Crippen LogP contribution in [0.2, 0.25) is 0 Å².